The monoisotopic (exact) mass is 360 g/mol. The molecule has 1 N–H and O–H groups in total. The van der Waals surface area contributed by atoms with Gasteiger partial charge in [0.2, 0.25) is 0 Å². The van der Waals surface area contributed by atoms with Crippen LogP contribution in [0.3, 0.4) is 0 Å². The van der Waals surface area contributed by atoms with E-state index in [9.17, 15) is 9.59 Å². The SMILES string of the molecule is CCCCCOC1CCC(OC(=O)c2ccc(/C=C/C(=O)O)cc2)CC1. The predicted molar refractivity (Wildman–Crippen MR) is 100 cm³/mol. The van der Waals surface area contributed by atoms with E-state index in [1.54, 1.807) is 24.3 Å². The molecule has 5 nitrogen and oxygen atoms in total. The van der Waals surface area contributed by atoms with Crippen molar-refractivity contribution < 1.29 is 24.2 Å². The van der Waals surface area contributed by atoms with E-state index in [0.29, 0.717) is 11.7 Å². The van der Waals surface area contributed by atoms with Crippen molar-refractivity contribution in [1.82, 2.24) is 0 Å². The minimum Gasteiger partial charge on any atom is -0.478 e. The van der Waals surface area contributed by atoms with E-state index in [1.165, 1.54) is 18.9 Å². The summed E-state index contributed by atoms with van der Waals surface area (Å²) in [6.07, 6.45) is 9.85. The van der Waals surface area contributed by atoms with Crippen molar-refractivity contribution in [2.45, 2.75) is 64.1 Å². The minimum absolute atomic E-state index is 0.0513. The number of benzene rings is 1. The molecule has 0 bridgehead atoms. The average molecular weight is 360 g/mol. The Labute approximate surface area is 155 Å². The summed E-state index contributed by atoms with van der Waals surface area (Å²) in [6, 6.07) is 6.73. The van der Waals surface area contributed by atoms with Gasteiger partial charge in [0.05, 0.1) is 11.7 Å². The lowest BCUT2D eigenvalue weighted by Gasteiger charge is -2.28. The van der Waals surface area contributed by atoms with E-state index in [1.807, 2.05) is 0 Å². The van der Waals surface area contributed by atoms with Gasteiger partial charge in [-0.25, -0.2) is 9.59 Å². The Hall–Kier alpha value is -2.14. The molecule has 5 heteroatoms. The van der Waals surface area contributed by atoms with Gasteiger partial charge >= 0.3 is 11.9 Å². The molecule has 0 saturated heterocycles. The van der Waals surface area contributed by atoms with Gasteiger partial charge in [-0.3, -0.25) is 0 Å². The lowest BCUT2D eigenvalue weighted by atomic mass is 9.95. The van der Waals surface area contributed by atoms with Crippen molar-refractivity contribution in [2.75, 3.05) is 6.61 Å². The first kappa shape index (κ1) is 20.2. The maximum absolute atomic E-state index is 12.3. The number of rotatable bonds is 9. The van der Waals surface area contributed by atoms with Crippen molar-refractivity contribution in [3.05, 3.63) is 41.5 Å². The average Bonchev–Trinajstić information content (AvgIpc) is 2.65. The quantitative estimate of drug-likeness (QED) is 0.400. The van der Waals surface area contributed by atoms with Crippen molar-refractivity contribution in [3.8, 4) is 0 Å². The largest absolute Gasteiger partial charge is 0.478 e. The summed E-state index contributed by atoms with van der Waals surface area (Å²) in [7, 11) is 0. The van der Waals surface area contributed by atoms with Gasteiger partial charge in [0, 0.05) is 12.7 Å². The van der Waals surface area contributed by atoms with E-state index < -0.39 is 5.97 Å². The van der Waals surface area contributed by atoms with Crippen LogP contribution in [0.25, 0.3) is 6.08 Å². The molecule has 0 spiro atoms. The summed E-state index contributed by atoms with van der Waals surface area (Å²) in [4.78, 5) is 22.8. The first-order chi connectivity index (χ1) is 12.6. The first-order valence-electron chi connectivity index (χ1n) is 9.42. The summed E-state index contributed by atoms with van der Waals surface area (Å²) < 4.78 is 11.5. The highest BCUT2D eigenvalue weighted by atomic mass is 16.5. The summed E-state index contributed by atoms with van der Waals surface area (Å²) in [5.41, 5.74) is 1.21. The maximum atomic E-state index is 12.3. The molecule has 0 radical (unpaired) electrons. The number of carbonyl (C=O) groups is 2. The number of carboxylic acid groups (broad SMARTS) is 1. The van der Waals surface area contributed by atoms with Crippen LogP contribution in [0.4, 0.5) is 0 Å². The number of aliphatic carboxylic acids is 1. The Morgan fingerprint density at radius 3 is 2.35 bits per heavy atom. The van der Waals surface area contributed by atoms with Crippen LogP contribution in [0.15, 0.2) is 30.3 Å². The van der Waals surface area contributed by atoms with Crippen molar-refractivity contribution >= 4 is 18.0 Å². The third kappa shape index (κ3) is 7.00. The Morgan fingerprint density at radius 1 is 1.08 bits per heavy atom. The number of carbonyl (C=O) groups excluding carboxylic acids is 1. The molecule has 26 heavy (non-hydrogen) atoms. The van der Waals surface area contributed by atoms with E-state index >= 15 is 0 Å². The predicted octanol–water partition coefficient (Wildman–Crippen LogP) is 4.46. The second-order valence-electron chi connectivity index (χ2n) is 6.68. The van der Waals surface area contributed by atoms with Crippen LogP contribution in [-0.4, -0.2) is 35.9 Å². The zero-order valence-corrected chi connectivity index (χ0v) is 15.4. The standard InChI is InChI=1S/C21H28O5/c1-2-3-4-15-25-18-10-12-19(13-11-18)26-21(24)17-8-5-16(6-9-17)7-14-20(22)23/h5-9,14,18-19H,2-4,10-13,15H2,1H3,(H,22,23)/b14-7+. The minimum atomic E-state index is -1.00. The number of carboxylic acids is 1. The molecule has 1 saturated carbocycles. The Morgan fingerprint density at radius 2 is 1.73 bits per heavy atom. The van der Waals surface area contributed by atoms with Gasteiger partial charge in [-0.2, -0.15) is 0 Å². The van der Waals surface area contributed by atoms with Crippen LogP contribution in [0.1, 0.15) is 67.8 Å². The molecule has 1 aliphatic carbocycles. The van der Waals surface area contributed by atoms with Crippen LogP contribution in [-0.2, 0) is 14.3 Å². The van der Waals surface area contributed by atoms with Crippen molar-refractivity contribution in [3.63, 3.8) is 0 Å². The molecule has 1 aliphatic rings. The van der Waals surface area contributed by atoms with E-state index in [-0.39, 0.29) is 12.1 Å². The van der Waals surface area contributed by atoms with Crippen LogP contribution < -0.4 is 0 Å². The third-order valence-electron chi connectivity index (χ3n) is 4.56. The number of ether oxygens (including phenoxy) is 2. The summed E-state index contributed by atoms with van der Waals surface area (Å²) >= 11 is 0. The fourth-order valence-electron chi connectivity index (χ4n) is 3.04. The molecular formula is C21H28O5. The van der Waals surface area contributed by atoms with Gasteiger partial charge in [-0.15, -0.1) is 0 Å². The highest BCUT2D eigenvalue weighted by Crippen LogP contribution is 2.24. The molecule has 0 heterocycles. The molecule has 142 valence electrons. The summed E-state index contributed by atoms with van der Waals surface area (Å²) in [5.74, 6) is -1.33. The van der Waals surface area contributed by atoms with E-state index in [4.69, 9.17) is 14.6 Å². The number of unbranched alkanes of at least 4 members (excludes halogenated alkanes) is 2. The van der Waals surface area contributed by atoms with Gasteiger partial charge in [0.15, 0.2) is 0 Å². The second kappa shape index (κ2) is 10.8. The number of hydrogen-bond donors (Lipinski definition) is 1. The normalized spacial score (nSPS) is 20.2. The van der Waals surface area contributed by atoms with Gasteiger partial charge in [0.25, 0.3) is 0 Å². The number of hydrogen-bond acceptors (Lipinski definition) is 4. The Balaban J connectivity index is 1.74. The highest BCUT2D eigenvalue weighted by molar-refractivity contribution is 5.90. The summed E-state index contributed by atoms with van der Waals surface area (Å²) in [6.45, 7) is 3.01. The second-order valence-corrected chi connectivity index (χ2v) is 6.68. The van der Waals surface area contributed by atoms with Gasteiger partial charge in [-0.1, -0.05) is 31.9 Å². The molecule has 1 fully saturated rings. The molecular weight excluding hydrogens is 332 g/mol. The molecule has 1 aromatic carbocycles. The molecule has 0 aromatic heterocycles. The fourth-order valence-corrected chi connectivity index (χ4v) is 3.04. The molecule has 0 unspecified atom stereocenters. The van der Waals surface area contributed by atoms with Crippen LogP contribution in [0, 0.1) is 0 Å². The highest BCUT2D eigenvalue weighted by Gasteiger charge is 2.24. The van der Waals surface area contributed by atoms with Gasteiger partial charge < -0.3 is 14.6 Å². The Bertz CT molecular complexity index is 597. The lowest BCUT2D eigenvalue weighted by molar-refractivity contribution is -0.131. The smallest absolute Gasteiger partial charge is 0.338 e. The van der Waals surface area contributed by atoms with Crippen LogP contribution in [0.5, 0.6) is 0 Å². The Kier molecular flexibility index (Phi) is 8.35. The van der Waals surface area contributed by atoms with Gasteiger partial charge in [0.1, 0.15) is 6.10 Å². The van der Waals surface area contributed by atoms with Crippen molar-refractivity contribution in [1.29, 1.82) is 0 Å². The molecule has 0 amide bonds. The zero-order chi connectivity index (χ0) is 18.8. The van der Waals surface area contributed by atoms with E-state index in [2.05, 4.69) is 6.92 Å². The number of esters is 1. The van der Waals surface area contributed by atoms with Crippen LogP contribution in [0.2, 0.25) is 0 Å². The van der Waals surface area contributed by atoms with Crippen molar-refractivity contribution in [2.24, 2.45) is 0 Å². The molecule has 2 rings (SSSR count). The first-order valence-corrected chi connectivity index (χ1v) is 9.42. The zero-order valence-electron chi connectivity index (χ0n) is 15.4. The lowest BCUT2D eigenvalue weighted by Crippen LogP contribution is -2.28. The third-order valence-corrected chi connectivity index (χ3v) is 4.56. The maximum Gasteiger partial charge on any atom is 0.338 e. The van der Waals surface area contributed by atoms with Gasteiger partial charge in [-0.05, 0) is 55.9 Å². The molecule has 0 aliphatic heterocycles. The fraction of sp³-hybridized carbons (Fsp3) is 0.524. The van der Waals surface area contributed by atoms with Crippen LogP contribution >= 0.6 is 0 Å². The molecule has 1 aromatic rings. The summed E-state index contributed by atoms with van der Waals surface area (Å²) in [5, 5.41) is 8.62. The molecule has 0 atom stereocenters. The topological polar surface area (TPSA) is 72.8 Å². The van der Waals surface area contributed by atoms with E-state index in [0.717, 1.165) is 50.4 Å².